The number of nitrogens with zero attached hydrogens (tertiary/aromatic N) is 2. The quantitative estimate of drug-likeness (QED) is 0.789. The Hall–Kier alpha value is -2.37. The predicted octanol–water partition coefficient (Wildman–Crippen LogP) is 0.521. The highest BCUT2D eigenvalue weighted by Gasteiger charge is 2.39. The highest BCUT2D eigenvalue weighted by molar-refractivity contribution is 6.13. The van der Waals surface area contributed by atoms with E-state index in [1.54, 1.807) is 0 Å². The number of ether oxygens (including phenoxy) is 1. The van der Waals surface area contributed by atoms with E-state index >= 15 is 0 Å². The number of hydrogen-bond acceptors (Lipinski definition) is 4. The van der Waals surface area contributed by atoms with Crippen molar-refractivity contribution < 1.29 is 14.3 Å². The van der Waals surface area contributed by atoms with Gasteiger partial charge in [-0.05, 0) is 5.56 Å². The van der Waals surface area contributed by atoms with E-state index in [1.807, 2.05) is 30.3 Å². The Bertz CT molecular complexity index is 499. The van der Waals surface area contributed by atoms with Gasteiger partial charge in [-0.2, -0.15) is 4.99 Å². The molecule has 0 radical (unpaired) electrons. The predicted molar refractivity (Wildman–Crippen MR) is 64.8 cm³/mol. The molecule has 6 heteroatoms. The molecule has 2 amide bonds. The third-order valence-corrected chi connectivity index (χ3v) is 2.68. The Morgan fingerprint density at radius 2 is 2.11 bits per heavy atom. The van der Waals surface area contributed by atoms with E-state index in [2.05, 4.69) is 9.73 Å². The number of hydrogen-bond donors (Lipinski definition) is 1. The molecule has 0 fully saturated rings. The van der Waals surface area contributed by atoms with Crippen LogP contribution >= 0.6 is 0 Å². The molecule has 1 aromatic carbocycles. The van der Waals surface area contributed by atoms with E-state index in [-0.39, 0.29) is 12.4 Å². The Labute approximate surface area is 104 Å². The molecule has 94 valence electrons. The van der Waals surface area contributed by atoms with Crippen molar-refractivity contribution in [3.05, 3.63) is 35.9 Å². The summed E-state index contributed by atoms with van der Waals surface area (Å²) in [5.41, 5.74) is 6.47. The summed E-state index contributed by atoms with van der Waals surface area (Å²) in [5.74, 6) is -0.610. The minimum absolute atomic E-state index is 0.0252. The van der Waals surface area contributed by atoms with Crippen LogP contribution < -0.4 is 5.73 Å². The second-order valence-corrected chi connectivity index (χ2v) is 3.86. The van der Waals surface area contributed by atoms with Gasteiger partial charge in [0.15, 0.2) is 6.04 Å². The van der Waals surface area contributed by atoms with Crippen LogP contribution in [0.3, 0.4) is 0 Å². The molecular weight excluding hydrogens is 234 g/mol. The first kappa shape index (κ1) is 12.1. The monoisotopic (exact) mass is 247 g/mol. The van der Waals surface area contributed by atoms with Crippen molar-refractivity contribution >= 4 is 17.8 Å². The van der Waals surface area contributed by atoms with Crippen molar-refractivity contribution in [3.63, 3.8) is 0 Å². The van der Waals surface area contributed by atoms with Gasteiger partial charge in [-0.1, -0.05) is 30.3 Å². The van der Waals surface area contributed by atoms with Gasteiger partial charge in [0.25, 0.3) is 0 Å². The number of aliphatic imine (C=N–C) groups is 1. The zero-order valence-electron chi connectivity index (χ0n) is 9.87. The molecule has 1 aromatic rings. The number of urea groups is 1. The zero-order valence-corrected chi connectivity index (χ0v) is 9.87. The van der Waals surface area contributed by atoms with Crippen LogP contribution in [0, 0.1) is 0 Å². The first-order chi connectivity index (χ1) is 8.63. The first-order valence-electron chi connectivity index (χ1n) is 5.40. The number of esters is 1. The smallest absolute Gasteiger partial charge is 0.346 e. The minimum Gasteiger partial charge on any atom is -0.467 e. The molecule has 0 spiro atoms. The first-order valence-corrected chi connectivity index (χ1v) is 5.40. The summed E-state index contributed by atoms with van der Waals surface area (Å²) in [6.07, 6.45) is 0. The van der Waals surface area contributed by atoms with Gasteiger partial charge in [0, 0.05) is 6.54 Å². The topological polar surface area (TPSA) is 85.0 Å². The van der Waals surface area contributed by atoms with Crippen LogP contribution in [0.2, 0.25) is 0 Å². The van der Waals surface area contributed by atoms with Crippen LogP contribution in [0.15, 0.2) is 35.3 Å². The molecule has 6 nitrogen and oxygen atoms in total. The highest BCUT2D eigenvalue weighted by Crippen LogP contribution is 2.16. The zero-order chi connectivity index (χ0) is 13.1. The number of nitrogens with two attached hydrogens (primary N) is 1. The lowest BCUT2D eigenvalue weighted by Gasteiger charge is -2.21. The molecule has 2 rings (SSSR count). The van der Waals surface area contributed by atoms with E-state index in [0.29, 0.717) is 0 Å². The van der Waals surface area contributed by atoms with Crippen molar-refractivity contribution in [2.45, 2.75) is 12.6 Å². The molecule has 1 aliphatic heterocycles. The largest absolute Gasteiger partial charge is 0.467 e. The number of carbonyl (C=O) groups excluding carboxylic acids is 2. The summed E-state index contributed by atoms with van der Waals surface area (Å²) in [4.78, 5) is 28.2. The molecule has 0 saturated heterocycles. The van der Waals surface area contributed by atoms with Crippen molar-refractivity contribution in [1.82, 2.24) is 4.90 Å². The maximum absolute atomic E-state index is 11.7. The molecule has 0 saturated carbocycles. The SMILES string of the molecule is COC(=O)C1C(N)=NC(=O)N1Cc1ccccc1. The van der Waals surface area contributed by atoms with Crippen LogP contribution in [0.1, 0.15) is 5.56 Å². The van der Waals surface area contributed by atoms with Gasteiger partial charge in [-0.3, -0.25) is 4.90 Å². The number of amidine groups is 1. The normalized spacial score (nSPS) is 18.7. The minimum atomic E-state index is -0.928. The number of methoxy groups -OCH3 is 1. The number of carbonyl (C=O) groups is 2. The fraction of sp³-hybridized carbons (Fsp3) is 0.250. The third-order valence-electron chi connectivity index (χ3n) is 2.68. The van der Waals surface area contributed by atoms with Gasteiger partial charge < -0.3 is 10.5 Å². The number of benzene rings is 1. The van der Waals surface area contributed by atoms with Crippen molar-refractivity contribution in [3.8, 4) is 0 Å². The Morgan fingerprint density at radius 3 is 2.72 bits per heavy atom. The summed E-state index contributed by atoms with van der Waals surface area (Å²) >= 11 is 0. The third kappa shape index (κ3) is 2.17. The molecule has 1 heterocycles. The summed E-state index contributed by atoms with van der Waals surface area (Å²) in [6.45, 7) is 0.267. The van der Waals surface area contributed by atoms with E-state index in [0.717, 1.165) is 5.56 Å². The standard InChI is InChI=1S/C12H13N3O3/c1-18-11(16)9-10(13)14-12(17)15(9)7-8-5-3-2-4-6-8/h2-6,9H,7H2,1H3,(H2,13,14,17). The van der Waals surface area contributed by atoms with E-state index in [9.17, 15) is 9.59 Å². The van der Waals surface area contributed by atoms with Gasteiger partial charge in [0.05, 0.1) is 7.11 Å². The molecule has 1 atom stereocenters. The Kier molecular flexibility index (Phi) is 3.27. The van der Waals surface area contributed by atoms with Crippen LogP contribution in [-0.2, 0) is 16.1 Å². The average molecular weight is 247 g/mol. The lowest BCUT2D eigenvalue weighted by Crippen LogP contribution is -2.46. The average Bonchev–Trinajstić information content (AvgIpc) is 2.65. The lowest BCUT2D eigenvalue weighted by molar-refractivity contribution is -0.143. The molecule has 0 aromatic heterocycles. The van der Waals surface area contributed by atoms with Crippen LogP contribution in [0.4, 0.5) is 4.79 Å². The lowest BCUT2D eigenvalue weighted by atomic mass is 10.2. The van der Waals surface area contributed by atoms with Crippen molar-refractivity contribution in [2.75, 3.05) is 7.11 Å². The maximum atomic E-state index is 11.7. The molecule has 1 aliphatic rings. The second-order valence-electron chi connectivity index (χ2n) is 3.86. The van der Waals surface area contributed by atoms with Crippen LogP contribution in [0.5, 0.6) is 0 Å². The van der Waals surface area contributed by atoms with Crippen molar-refractivity contribution in [2.24, 2.45) is 10.7 Å². The van der Waals surface area contributed by atoms with Gasteiger partial charge in [-0.25, -0.2) is 9.59 Å². The van der Waals surface area contributed by atoms with Gasteiger partial charge >= 0.3 is 12.0 Å². The number of amides is 2. The molecule has 0 bridgehead atoms. The fourth-order valence-corrected chi connectivity index (χ4v) is 1.80. The molecule has 2 N–H and O–H groups in total. The van der Waals surface area contributed by atoms with Crippen LogP contribution in [0.25, 0.3) is 0 Å². The molecule has 1 unspecified atom stereocenters. The van der Waals surface area contributed by atoms with E-state index < -0.39 is 18.0 Å². The van der Waals surface area contributed by atoms with Crippen molar-refractivity contribution in [1.29, 1.82) is 0 Å². The molecule has 0 aliphatic carbocycles. The second kappa shape index (κ2) is 4.87. The van der Waals surface area contributed by atoms with Gasteiger partial charge in [0.2, 0.25) is 0 Å². The molecular formula is C12H13N3O3. The summed E-state index contributed by atoms with van der Waals surface area (Å²) < 4.78 is 4.63. The fourth-order valence-electron chi connectivity index (χ4n) is 1.80. The van der Waals surface area contributed by atoms with Crippen LogP contribution in [-0.4, -0.2) is 35.9 Å². The molecule has 18 heavy (non-hydrogen) atoms. The van der Waals surface area contributed by atoms with Gasteiger partial charge in [-0.15, -0.1) is 0 Å². The van der Waals surface area contributed by atoms with Gasteiger partial charge in [0.1, 0.15) is 5.84 Å². The highest BCUT2D eigenvalue weighted by atomic mass is 16.5. The summed E-state index contributed by atoms with van der Waals surface area (Å²) in [5, 5.41) is 0. The Morgan fingerprint density at radius 1 is 1.44 bits per heavy atom. The van der Waals surface area contributed by atoms with E-state index in [4.69, 9.17) is 5.73 Å². The van der Waals surface area contributed by atoms with E-state index in [1.165, 1.54) is 12.0 Å². The summed E-state index contributed by atoms with van der Waals surface area (Å²) in [7, 11) is 1.25. The summed E-state index contributed by atoms with van der Waals surface area (Å²) in [6, 6.07) is 7.85. The Balaban J connectivity index is 2.21. The maximum Gasteiger partial charge on any atom is 0.346 e. The number of rotatable bonds is 3.